The number of nitrogens with one attached hydrogen (secondary N) is 1. The fraction of sp³-hybridized carbons (Fsp3) is 0.167. The van der Waals surface area contributed by atoms with E-state index in [-0.39, 0.29) is 5.91 Å². The highest BCUT2D eigenvalue weighted by Crippen LogP contribution is 2.21. The minimum atomic E-state index is -0.139. The Labute approximate surface area is 148 Å². The van der Waals surface area contributed by atoms with Crippen LogP contribution in [0.4, 0.5) is 0 Å². The van der Waals surface area contributed by atoms with Crippen molar-refractivity contribution in [3.8, 4) is 0 Å². The number of aromatic nitrogens is 1. The third kappa shape index (κ3) is 3.77. The van der Waals surface area contributed by atoms with Gasteiger partial charge in [0, 0.05) is 29.3 Å². The topological polar surface area (TPSA) is 34.0 Å². The van der Waals surface area contributed by atoms with Gasteiger partial charge in [-0.15, -0.1) is 0 Å². The van der Waals surface area contributed by atoms with E-state index in [1.165, 1.54) is 10.9 Å². The zero-order valence-electron chi connectivity index (χ0n) is 12.4. The number of hydrogen-bond donors (Lipinski definition) is 1. The fourth-order valence-corrected chi connectivity index (χ4v) is 3.31. The zero-order chi connectivity index (χ0) is 16.2. The van der Waals surface area contributed by atoms with Crippen LogP contribution >= 0.6 is 27.5 Å². The molecule has 118 valence electrons. The van der Waals surface area contributed by atoms with Gasteiger partial charge in [-0.3, -0.25) is 4.79 Å². The summed E-state index contributed by atoms with van der Waals surface area (Å²) >= 11 is 9.42. The summed E-state index contributed by atoms with van der Waals surface area (Å²) in [6.07, 6.45) is 2.94. The van der Waals surface area contributed by atoms with Crippen LogP contribution in [0.5, 0.6) is 0 Å². The fourth-order valence-electron chi connectivity index (χ4n) is 2.56. The van der Waals surface area contributed by atoms with E-state index in [0.717, 1.165) is 17.4 Å². The van der Waals surface area contributed by atoms with Crippen molar-refractivity contribution >= 4 is 44.3 Å². The summed E-state index contributed by atoms with van der Waals surface area (Å²) in [6, 6.07) is 15.6. The molecule has 0 saturated carbocycles. The molecule has 1 aromatic heterocycles. The van der Waals surface area contributed by atoms with Gasteiger partial charge in [0.2, 0.25) is 0 Å². The summed E-state index contributed by atoms with van der Waals surface area (Å²) < 4.78 is 3.06. The highest BCUT2D eigenvalue weighted by Gasteiger charge is 2.09. The maximum atomic E-state index is 12.1. The molecule has 0 aliphatic rings. The smallest absolute Gasteiger partial charge is 0.252 e. The van der Waals surface area contributed by atoms with Crippen molar-refractivity contribution in [2.45, 2.75) is 13.0 Å². The third-order valence-corrected chi connectivity index (χ3v) is 4.52. The van der Waals surface area contributed by atoms with Gasteiger partial charge in [-0.1, -0.05) is 45.7 Å². The Balaban J connectivity index is 1.54. The average Bonchev–Trinajstić information content (AvgIpc) is 2.94. The molecule has 1 N–H and O–H groups in total. The van der Waals surface area contributed by atoms with Crippen LogP contribution < -0.4 is 5.32 Å². The number of carbonyl (C=O) groups is 1. The molecule has 0 spiro atoms. The molecule has 1 heterocycles. The Morgan fingerprint density at radius 1 is 1.17 bits per heavy atom. The lowest BCUT2D eigenvalue weighted by Gasteiger charge is -2.08. The minimum absolute atomic E-state index is 0.139. The van der Waals surface area contributed by atoms with Crippen LogP contribution in [-0.4, -0.2) is 17.0 Å². The molecule has 0 radical (unpaired) electrons. The van der Waals surface area contributed by atoms with E-state index in [1.807, 2.05) is 18.2 Å². The highest BCUT2D eigenvalue weighted by molar-refractivity contribution is 9.10. The molecule has 0 saturated heterocycles. The molecule has 5 heteroatoms. The summed E-state index contributed by atoms with van der Waals surface area (Å²) in [5.41, 5.74) is 1.72. The van der Waals surface area contributed by atoms with Gasteiger partial charge in [-0.2, -0.15) is 0 Å². The molecule has 0 aliphatic heterocycles. The van der Waals surface area contributed by atoms with Gasteiger partial charge in [0.15, 0.2) is 0 Å². The molecule has 23 heavy (non-hydrogen) atoms. The Kier molecular flexibility index (Phi) is 5.03. The van der Waals surface area contributed by atoms with Gasteiger partial charge in [0.25, 0.3) is 5.91 Å². The lowest BCUT2D eigenvalue weighted by Crippen LogP contribution is -2.25. The monoisotopic (exact) mass is 390 g/mol. The molecule has 0 unspecified atom stereocenters. The summed E-state index contributed by atoms with van der Waals surface area (Å²) in [5.74, 6) is -0.139. The number of para-hydroxylation sites is 1. The van der Waals surface area contributed by atoms with E-state index >= 15 is 0 Å². The second-order valence-corrected chi connectivity index (χ2v) is 6.62. The van der Waals surface area contributed by atoms with Gasteiger partial charge in [-0.25, -0.2) is 0 Å². The molecule has 0 atom stereocenters. The quantitative estimate of drug-likeness (QED) is 0.618. The van der Waals surface area contributed by atoms with E-state index in [0.29, 0.717) is 17.1 Å². The van der Waals surface area contributed by atoms with Crippen LogP contribution in [0, 0.1) is 0 Å². The van der Waals surface area contributed by atoms with Crippen molar-refractivity contribution in [2.75, 3.05) is 6.54 Å². The van der Waals surface area contributed by atoms with Crippen LogP contribution in [0.3, 0.4) is 0 Å². The number of nitrogens with zero attached hydrogens (tertiary/aromatic N) is 1. The lowest BCUT2D eigenvalue weighted by molar-refractivity contribution is 0.0953. The number of halogens is 2. The highest BCUT2D eigenvalue weighted by atomic mass is 79.9. The predicted octanol–water partition coefficient (Wildman–Crippen LogP) is 4.88. The molecule has 1 amide bonds. The normalized spacial score (nSPS) is 10.9. The summed E-state index contributed by atoms with van der Waals surface area (Å²) in [6.45, 7) is 1.47. The Hall–Kier alpha value is -1.78. The Morgan fingerprint density at radius 2 is 2.00 bits per heavy atom. The maximum absolute atomic E-state index is 12.1. The first kappa shape index (κ1) is 16.1. The molecule has 3 aromatic rings. The van der Waals surface area contributed by atoms with Gasteiger partial charge >= 0.3 is 0 Å². The van der Waals surface area contributed by atoms with Crippen molar-refractivity contribution in [2.24, 2.45) is 0 Å². The van der Waals surface area contributed by atoms with Crippen molar-refractivity contribution in [3.05, 3.63) is 69.8 Å². The van der Waals surface area contributed by atoms with Crippen LogP contribution in [0.1, 0.15) is 16.8 Å². The largest absolute Gasteiger partial charge is 0.352 e. The second-order valence-electron chi connectivity index (χ2n) is 5.30. The molecule has 0 bridgehead atoms. The maximum Gasteiger partial charge on any atom is 0.252 e. The van der Waals surface area contributed by atoms with E-state index in [9.17, 15) is 4.79 Å². The lowest BCUT2D eigenvalue weighted by atomic mass is 10.2. The molecular weight excluding hydrogens is 376 g/mol. The second kappa shape index (κ2) is 7.20. The summed E-state index contributed by atoms with van der Waals surface area (Å²) in [4.78, 5) is 12.1. The third-order valence-electron chi connectivity index (χ3n) is 3.72. The predicted molar refractivity (Wildman–Crippen MR) is 98.0 cm³/mol. The van der Waals surface area contributed by atoms with Gasteiger partial charge in [0.05, 0.1) is 10.6 Å². The standard InChI is InChI=1S/C18H16BrClN2O/c19-14-6-7-15(16(20)12-14)18(23)21-9-3-10-22-11-8-13-4-1-2-5-17(13)22/h1-2,4-8,11-12H,3,9-10H2,(H,21,23). The average molecular weight is 392 g/mol. The molecule has 0 aliphatic carbocycles. The minimum Gasteiger partial charge on any atom is -0.352 e. The summed E-state index contributed by atoms with van der Waals surface area (Å²) in [5, 5.41) is 4.60. The number of fused-ring (bicyclic) bond motifs is 1. The number of rotatable bonds is 5. The van der Waals surface area contributed by atoms with Crippen molar-refractivity contribution in [1.29, 1.82) is 0 Å². The number of aryl methyl sites for hydroxylation is 1. The van der Waals surface area contributed by atoms with Crippen LogP contribution in [-0.2, 0) is 6.54 Å². The van der Waals surface area contributed by atoms with E-state index in [2.05, 4.69) is 50.2 Å². The molecule has 3 nitrogen and oxygen atoms in total. The van der Waals surface area contributed by atoms with Crippen molar-refractivity contribution < 1.29 is 4.79 Å². The van der Waals surface area contributed by atoms with Crippen LogP contribution in [0.25, 0.3) is 10.9 Å². The van der Waals surface area contributed by atoms with E-state index < -0.39 is 0 Å². The van der Waals surface area contributed by atoms with E-state index in [4.69, 9.17) is 11.6 Å². The van der Waals surface area contributed by atoms with Gasteiger partial charge in [0.1, 0.15) is 0 Å². The van der Waals surface area contributed by atoms with Crippen LogP contribution in [0.2, 0.25) is 5.02 Å². The molecule has 0 fully saturated rings. The SMILES string of the molecule is O=C(NCCCn1ccc2ccccc21)c1ccc(Br)cc1Cl. The van der Waals surface area contributed by atoms with Gasteiger partial charge in [-0.05, 0) is 42.1 Å². The number of hydrogen-bond acceptors (Lipinski definition) is 1. The first-order valence-corrected chi connectivity index (χ1v) is 8.59. The zero-order valence-corrected chi connectivity index (χ0v) is 14.8. The van der Waals surface area contributed by atoms with Crippen molar-refractivity contribution in [3.63, 3.8) is 0 Å². The Bertz CT molecular complexity index is 844. The van der Waals surface area contributed by atoms with Crippen LogP contribution in [0.15, 0.2) is 59.2 Å². The Morgan fingerprint density at radius 3 is 2.83 bits per heavy atom. The number of benzene rings is 2. The van der Waals surface area contributed by atoms with E-state index in [1.54, 1.807) is 12.1 Å². The number of amides is 1. The first-order valence-electron chi connectivity index (χ1n) is 7.42. The van der Waals surface area contributed by atoms with Crippen molar-refractivity contribution in [1.82, 2.24) is 9.88 Å². The number of carbonyl (C=O) groups excluding carboxylic acids is 1. The first-order chi connectivity index (χ1) is 11.1. The van der Waals surface area contributed by atoms with Gasteiger partial charge < -0.3 is 9.88 Å². The molecule has 2 aromatic carbocycles. The molecule has 3 rings (SSSR count). The molecular formula is C18H16BrClN2O. The summed E-state index contributed by atoms with van der Waals surface area (Å²) in [7, 11) is 0.